The molecule has 0 saturated carbocycles. The number of aliphatic imine (C=N–C) groups is 1. The molecule has 0 spiro atoms. The van der Waals surface area contributed by atoms with E-state index in [2.05, 4.69) is 53.4 Å². The molecule has 2 saturated heterocycles. The van der Waals surface area contributed by atoms with Gasteiger partial charge in [0.05, 0.1) is 23.3 Å². The van der Waals surface area contributed by atoms with Crippen LogP contribution in [0.2, 0.25) is 0 Å². The predicted octanol–water partition coefficient (Wildman–Crippen LogP) is 6.63. The van der Waals surface area contributed by atoms with Gasteiger partial charge in [-0.25, -0.2) is 9.98 Å². The molecule has 0 bridgehead atoms. The van der Waals surface area contributed by atoms with Crippen molar-refractivity contribution in [1.82, 2.24) is 19.8 Å². The number of hydrogen-bond acceptors (Lipinski definition) is 7. The number of aromatic nitrogens is 2. The predicted molar refractivity (Wildman–Crippen MR) is 185 cm³/mol. The maximum Gasteiger partial charge on any atom is 0.290 e. The van der Waals surface area contributed by atoms with E-state index in [0.717, 1.165) is 99.2 Å². The largest absolute Gasteiger partial charge is 0.483 e. The normalized spacial score (nSPS) is 17.4. The monoisotopic (exact) mass is 628 g/mol. The Bertz CT molecular complexity index is 1650. The second-order valence-corrected chi connectivity index (χ2v) is 12.1. The minimum Gasteiger partial charge on any atom is -0.483 e. The molecule has 4 N–H and O–H groups in total. The molecule has 2 aromatic carbocycles. The van der Waals surface area contributed by atoms with Crippen molar-refractivity contribution in [2.45, 2.75) is 70.8 Å². The first-order valence-electron chi connectivity index (χ1n) is 16.6. The standard InChI is InChI=1S/C35H46N6O2.CH2O2/c1-4-6-20-42-21-16-32(36)39-33-28-9-7-8-10-31(28)43-34(33)24(3)40-19-15-26(23-40)35-38-29-22-25(5-2)11-12-30(29)41(35)27-13-17-37-18-14-27;2-1-3/h7-12,22,26-27,37H,3-6,13-21,23H2,1-2H3,(H2,36,39);1H,(H,2,3). The number of imidazole rings is 1. The molecule has 1 atom stereocenters. The Morgan fingerprint density at radius 3 is 2.74 bits per heavy atom. The molecule has 1 unspecified atom stereocenters. The maximum atomic E-state index is 8.36. The van der Waals surface area contributed by atoms with Crippen LogP contribution in [0.3, 0.4) is 0 Å². The van der Waals surface area contributed by atoms with Gasteiger partial charge in [-0.05, 0) is 75.0 Å². The molecule has 2 fully saturated rings. The number of fused-ring (bicyclic) bond motifs is 2. The smallest absolute Gasteiger partial charge is 0.290 e. The van der Waals surface area contributed by atoms with Gasteiger partial charge in [0.2, 0.25) is 0 Å². The number of carbonyl (C=O) groups is 1. The SMILES string of the molecule is C=C(c1oc2ccccc2c1N=C(N)CCOCCCC)N1CCC(c2nc3cc(CC)ccc3n2C2CCNCC2)C1.O=CO. The lowest BCUT2D eigenvalue weighted by Gasteiger charge is -2.28. The van der Waals surface area contributed by atoms with Gasteiger partial charge >= 0.3 is 0 Å². The summed E-state index contributed by atoms with van der Waals surface area (Å²) in [5.41, 5.74) is 12.5. The number of furan rings is 1. The first kappa shape index (κ1) is 33.2. The Morgan fingerprint density at radius 2 is 1.98 bits per heavy atom. The van der Waals surface area contributed by atoms with Crippen molar-refractivity contribution >= 4 is 45.7 Å². The summed E-state index contributed by atoms with van der Waals surface area (Å²) < 4.78 is 14.7. The third-order valence-corrected chi connectivity index (χ3v) is 9.03. The van der Waals surface area contributed by atoms with Crippen LogP contribution in [0.4, 0.5) is 5.69 Å². The van der Waals surface area contributed by atoms with E-state index in [-0.39, 0.29) is 6.47 Å². The zero-order valence-corrected chi connectivity index (χ0v) is 27.2. The Hall–Kier alpha value is -4.15. The number of nitrogens with zero attached hydrogens (tertiary/aromatic N) is 4. The van der Waals surface area contributed by atoms with Gasteiger partial charge in [0.1, 0.15) is 22.9 Å². The third-order valence-electron chi connectivity index (χ3n) is 9.03. The highest BCUT2D eigenvalue weighted by atomic mass is 16.5. The Balaban J connectivity index is 0.00000134. The summed E-state index contributed by atoms with van der Waals surface area (Å²) in [6.45, 7) is 13.8. The summed E-state index contributed by atoms with van der Waals surface area (Å²) in [5.74, 6) is 2.75. The van der Waals surface area contributed by atoms with E-state index in [4.69, 9.17) is 34.8 Å². The highest BCUT2D eigenvalue weighted by Gasteiger charge is 2.33. The van der Waals surface area contributed by atoms with Crippen molar-refractivity contribution in [3.05, 3.63) is 66.2 Å². The van der Waals surface area contributed by atoms with Gasteiger partial charge in [-0.2, -0.15) is 0 Å². The van der Waals surface area contributed by atoms with Crippen molar-refractivity contribution in [2.24, 2.45) is 10.7 Å². The van der Waals surface area contributed by atoms with E-state index in [1.54, 1.807) is 0 Å². The van der Waals surface area contributed by atoms with Crippen molar-refractivity contribution in [1.29, 1.82) is 0 Å². The number of nitrogens with two attached hydrogens (primary N) is 1. The average Bonchev–Trinajstić information content (AvgIpc) is 3.81. The van der Waals surface area contributed by atoms with Crippen LogP contribution < -0.4 is 11.1 Å². The number of likely N-dealkylation sites (tertiary alicyclic amines) is 1. The lowest BCUT2D eigenvalue weighted by atomic mass is 10.0. The number of ether oxygens (including phenoxy) is 1. The third kappa shape index (κ3) is 7.45. The second-order valence-electron chi connectivity index (χ2n) is 12.1. The van der Waals surface area contributed by atoms with Crippen molar-refractivity contribution in [2.75, 3.05) is 39.4 Å². The Kier molecular flexibility index (Phi) is 11.5. The molecule has 4 aromatic rings. The summed E-state index contributed by atoms with van der Waals surface area (Å²) in [4.78, 5) is 20.9. The van der Waals surface area contributed by atoms with E-state index in [1.807, 2.05) is 24.3 Å². The second kappa shape index (κ2) is 15.9. The van der Waals surface area contributed by atoms with Gasteiger partial charge in [-0.1, -0.05) is 45.0 Å². The van der Waals surface area contributed by atoms with Crippen LogP contribution in [0.25, 0.3) is 27.7 Å². The van der Waals surface area contributed by atoms with Gasteiger partial charge in [0.25, 0.3) is 6.47 Å². The molecule has 10 heteroatoms. The number of carboxylic acid groups (broad SMARTS) is 1. The highest BCUT2D eigenvalue weighted by Crippen LogP contribution is 2.41. The highest BCUT2D eigenvalue weighted by molar-refractivity contribution is 5.98. The lowest BCUT2D eigenvalue weighted by molar-refractivity contribution is -0.122. The first-order valence-corrected chi connectivity index (χ1v) is 16.6. The van der Waals surface area contributed by atoms with Gasteiger partial charge in [-0.3, -0.25) is 4.79 Å². The van der Waals surface area contributed by atoms with Crippen molar-refractivity contribution in [3.63, 3.8) is 0 Å². The van der Waals surface area contributed by atoms with Crippen LogP contribution in [0.15, 0.2) is 58.5 Å². The van der Waals surface area contributed by atoms with Crippen LogP contribution in [-0.2, 0) is 16.0 Å². The molecule has 2 aliphatic heterocycles. The first-order chi connectivity index (χ1) is 22.5. The molecule has 0 aliphatic carbocycles. The quantitative estimate of drug-likeness (QED) is 0.0690. The topological polar surface area (TPSA) is 131 Å². The van der Waals surface area contributed by atoms with E-state index in [9.17, 15) is 0 Å². The van der Waals surface area contributed by atoms with E-state index in [1.165, 1.54) is 16.9 Å². The molecule has 6 rings (SSSR count). The van der Waals surface area contributed by atoms with E-state index < -0.39 is 0 Å². The number of unbranched alkanes of at least 4 members (excludes halogenated alkanes) is 1. The molecular formula is C36H48N6O4. The van der Waals surface area contributed by atoms with E-state index in [0.29, 0.717) is 36.6 Å². The van der Waals surface area contributed by atoms with Crippen LogP contribution in [-0.4, -0.2) is 71.3 Å². The van der Waals surface area contributed by atoms with Gasteiger partial charge in [0, 0.05) is 43.5 Å². The van der Waals surface area contributed by atoms with Crippen LogP contribution >= 0.6 is 0 Å². The summed E-state index contributed by atoms with van der Waals surface area (Å²) in [5, 5.41) is 11.4. The fourth-order valence-electron chi connectivity index (χ4n) is 6.54. The van der Waals surface area contributed by atoms with Crippen molar-refractivity contribution in [3.8, 4) is 0 Å². The molecule has 46 heavy (non-hydrogen) atoms. The summed E-state index contributed by atoms with van der Waals surface area (Å²) in [6.07, 6.45) is 7.03. The number of rotatable bonds is 12. The molecule has 10 nitrogen and oxygen atoms in total. The fraction of sp³-hybridized carbons (Fsp3) is 0.472. The van der Waals surface area contributed by atoms with Gasteiger partial charge < -0.3 is 34.8 Å². The zero-order valence-electron chi connectivity index (χ0n) is 27.2. The molecule has 246 valence electrons. The van der Waals surface area contributed by atoms with Crippen LogP contribution in [0.1, 0.15) is 81.5 Å². The minimum absolute atomic E-state index is 0.250. The van der Waals surface area contributed by atoms with Crippen LogP contribution in [0, 0.1) is 0 Å². The number of hydrogen-bond donors (Lipinski definition) is 3. The summed E-state index contributed by atoms with van der Waals surface area (Å²) >= 11 is 0. The Morgan fingerprint density at radius 1 is 1.20 bits per heavy atom. The number of amidine groups is 1. The van der Waals surface area contributed by atoms with E-state index >= 15 is 0 Å². The molecule has 2 aliphatic rings. The zero-order chi connectivity index (χ0) is 32.5. The minimum atomic E-state index is -0.250. The van der Waals surface area contributed by atoms with Crippen LogP contribution in [0.5, 0.6) is 0 Å². The molecular weight excluding hydrogens is 580 g/mol. The summed E-state index contributed by atoms with van der Waals surface area (Å²) in [6, 6.07) is 15.3. The molecule has 0 amide bonds. The summed E-state index contributed by atoms with van der Waals surface area (Å²) in [7, 11) is 0. The Labute approximate surface area is 271 Å². The van der Waals surface area contributed by atoms with Gasteiger partial charge in [-0.15, -0.1) is 0 Å². The molecule has 2 aromatic heterocycles. The number of nitrogens with one attached hydrogen (secondary N) is 1. The molecule has 4 heterocycles. The number of aryl methyl sites for hydroxylation is 1. The fourth-order valence-corrected chi connectivity index (χ4v) is 6.54. The lowest BCUT2D eigenvalue weighted by Crippen LogP contribution is -2.30. The average molecular weight is 629 g/mol. The molecule has 0 radical (unpaired) electrons. The van der Waals surface area contributed by atoms with Gasteiger partial charge in [0.15, 0.2) is 5.76 Å². The van der Waals surface area contributed by atoms with Crippen molar-refractivity contribution < 1.29 is 19.1 Å². The maximum absolute atomic E-state index is 8.36. The number of benzene rings is 2. The number of para-hydroxylation sites is 1. The number of piperidine rings is 1.